The number of carbonyl (C=O) groups is 3. The Bertz CT molecular complexity index is 852. The molecule has 0 aromatic heterocycles. The molecule has 2 heterocycles. The lowest BCUT2D eigenvalue weighted by molar-refractivity contribution is -0.135. The molecule has 0 aliphatic carbocycles. The zero-order chi connectivity index (χ0) is 22.8. The second-order valence-electron chi connectivity index (χ2n) is 8.65. The maximum atomic E-state index is 13.2. The second-order valence-corrected chi connectivity index (χ2v) is 8.65. The van der Waals surface area contributed by atoms with E-state index in [0.29, 0.717) is 50.3 Å². The molecule has 2 aliphatic heterocycles. The predicted molar refractivity (Wildman–Crippen MR) is 118 cm³/mol. The van der Waals surface area contributed by atoms with Crippen molar-refractivity contribution >= 4 is 17.7 Å². The summed E-state index contributed by atoms with van der Waals surface area (Å²) < 4.78 is 5.29. The number of aryl methyl sites for hydroxylation is 1. The summed E-state index contributed by atoms with van der Waals surface area (Å²) in [6.45, 7) is 6.40. The number of hydrogen-bond acceptors (Lipinski definition) is 5. The first-order valence-corrected chi connectivity index (χ1v) is 10.9. The molecule has 2 atom stereocenters. The van der Waals surface area contributed by atoms with Gasteiger partial charge in [0.1, 0.15) is 5.75 Å². The van der Waals surface area contributed by atoms with E-state index in [4.69, 9.17) is 4.74 Å². The van der Waals surface area contributed by atoms with Crippen LogP contribution in [0.2, 0.25) is 0 Å². The largest absolute Gasteiger partial charge is 0.497 e. The van der Waals surface area contributed by atoms with E-state index in [1.54, 1.807) is 37.1 Å². The second kappa shape index (κ2) is 9.26. The van der Waals surface area contributed by atoms with Crippen molar-refractivity contribution in [3.8, 4) is 5.75 Å². The third-order valence-electron chi connectivity index (χ3n) is 6.59. The van der Waals surface area contributed by atoms with Crippen LogP contribution < -0.4 is 10.1 Å². The zero-order valence-electron chi connectivity index (χ0n) is 19.2. The number of nitrogens with one attached hydrogen (secondary N) is 1. The zero-order valence-corrected chi connectivity index (χ0v) is 19.2. The van der Waals surface area contributed by atoms with Crippen molar-refractivity contribution in [3.05, 3.63) is 29.3 Å². The smallest absolute Gasteiger partial charge is 0.252 e. The normalized spacial score (nSPS) is 23.1. The van der Waals surface area contributed by atoms with Crippen molar-refractivity contribution in [1.82, 2.24) is 20.0 Å². The van der Waals surface area contributed by atoms with E-state index < -0.39 is 11.5 Å². The Morgan fingerprint density at radius 2 is 1.97 bits per heavy atom. The molecule has 1 saturated heterocycles. The first kappa shape index (κ1) is 23.1. The Morgan fingerprint density at radius 3 is 2.58 bits per heavy atom. The van der Waals surface area contributed by atoms with E-state index in [0.717, 1.165) is 5.56 Å². The SMILES string of the molecule is CCN(CC)C(=O)CN1C[C@H](C(=O)N(C)C)[C@]2(CCc3ccc(OC)cc3C(=O)N2)C1. The summed E-state index contributed by atoms with van der Waals surface area (Å²) in [6, 6.07) is 5.53. The fraction of sp³-hybridized carbons (Fsp3) is 0.609. The van der Waals surface area contributed by atoms with Crippen LogP contribution in [-0.2, 0) is 16.0 Å². The van der Waals surface area contributed by atoms with E-state index in [2.05, 4.69) is 5.32 Å². The van der Waals surface area contributed by atoms with Crippen LogP contribution in [0.4, 0.5) is 0 Å². The molecule has 0 radical (unpaired) electrons. The number of carbonyl (C=O) groups excluding carboxylic acids is 3. The molecule has 170 valence electrons. The fourth-order valence-corrected chi connectivity index (χ4v) is 4.83. The van der Waals surface area contributed by atoms with Crippen LogP contribution >= 0.6 is 0 Å². The molecule has 31 heavy (non-hydrogen) atoms. The van der Waals surface area contributed by atoms with Crippen LogP contribution in [0.1, 0.15) is 36.2 Å². The molecule has 1 spiro atoms. The number of benzene rings is 1. The summed E-state index contributed by atoms with van der Waals surface area (Å²) in [5.41, 5.74) is 0.822. The van der Waals surface area contributed by atoms with Gasteiger partial charge in [0.2, 0.25) is 11.8 Å². The van der Waals surface area contributed by atoms with Gasteiger partial charge in [-0.05, 0) is 44.4 Å². The van der Waals surface area contributed by atoms with Crippen LogP contribution in [0.3, 0.4) is 0 Å². The predicted octanol–water partition coefficient (Wildman–Crippen LogP) is 0.998. The summed E-state index contributed by atoms with van der Waals surface area (Å²) in [5.74, 6) is 0.0448. The molecule has 0 saturated carbocycles. The van der Waals surface area contributed by atoms with Crippen molar-refractivity contribution in [1.29, 1.82) is 0 Å². The Labute approximate surface area is 184 Å². The van der Waals surface area contributed by atoms with E-state index in [1.807, 2.05) is 30.9 Å². The Balaban J connectivity index is 1.89. The molecule has 0 unspecified atom stereocenters. The molecule has 1 fully saturated rings. The minimum Gasteiger partial charge on any atom is -0.497 e. The van der Waals surface area contributed by atoms with Crippen molar-refractivity contribution in [3.63, 3.8) is 0 Å². The third kappa shape index (κ3) is 4.54. The lowest BCUT2D eigenvalue weighted by Gasteiger charge is -2.35. The Kier molecular flexibility index (Phi) is 6.89. The van der Waals surface area contributed by atoms with Gasteiger partial charge in [-0.2, -0.15) is 0 Å². The van der Waals surface area contributed by atoms with Crippen molar-refractivity contribution < 1.29 is 19.1 Å². The van der Waals surface area contributed by atoms with E-state index >= 15 is 0 Å². The summed E-state index contributed by atoms with van der Waals surface area (Å²) >= 11 is 0. The van der Waals surface area contributed by atoms with Gasteiger partial charge in [-0.25, -0.2) is 0 Å². The van der Waals surface area contributed by atoms with Crippen LogP contribution in [0.25, 0.3) is 0 Å². The number of amides is 3. The highest BCUT2D eigenvalue weighted by atomic mass is 16.5. The molecular formula is C23H34N4O4. The van der Waals surface area contributed by atoms with E-state index in [1.165, 1.54) is 0 Å². The van der Waals surface area contributed by atoms with Gasteiger partial charge in [-0.3, -0.25) is 19.3 Å². The van der Waals surface area contributed by atoms with Gasteiger partial charge in [-0.15, -0.1) is 0 Å². The molecule has 8 nitrogen and oxygen atoms in total. The summed E-state index contributed by atoms with van der Waals surface area (Å²) in [7, 11) is 5.04. The quantitative estimate of drug-likeness (QED) is 0.728. The standard InChI is InChI=1S/C23H34N4O4/c1-6-27(7-2)20(28)14-26-13-19(22(30)25(3)4)23(15-26)11-10-16-8-9-17(31-5)12-18(16)21(29)24-23/h8-9,12,19H,6-7,10-11,13-15H2,1-5H3,(H,24,29)/t19-,23+/m1/s1. The number of likely N-dealkylation sites (tertiary alicyclic amines) is 1. The third-order valence-corrected chi connectivity index (χ3v) is 6.59. The summed E-state index contributed by atoms with van der Waals surface area (Å²) in [5, 5.41) is 3.20. The van der Waals surface area contributed by atoms with E-state index in [9.17, 15) is 14.4 Å². The van der Waals surface area contributed by atoms with Gasteiger partial charge in [-0.1, -0.05) is 6.07 Å². The average Bonchev–Trinajstić information content (AvgIpc) is 3.02. The number of methoxy groups -OCH3 is 1. The topological polar surface area (TPSA) is 82.2 Å². The Morgan fingerprint density at radius 1 is 1.26 bits per heavy atom. The van der Waals surface area contributed by atoms with Crippen molar-refractivity contribution in [2.24, 2.45) is 5.92 Å². The van der Waals surface area contributed by atoms with Crippen LogP contribution in [0.5, 0.6) is 5.75 Å². The molecule has 1 aromatic carbocycles. The lowest BCUT2D eigenvalue weighted by Crippen LogP contribution is -2.57. The first-order chi connectivity index (χ1) is 14.7. The first-order valence-electron chi connectivity index (χ1n) is 10.9. The highest BCUT2D eigenvalue weighted by Crippen LogP contribution is 2.36. The minimum atomic E-state index is -0.714. The van der Waals surface area contributed by atoms with Crippen molar-refractivity contribution in [2.75, 3.05) is 53.9 Å². The maximum absolute atomic E-state index is 13.2. The number of hydrogen-bond donors (Lipinski definition) is 1. The number of fused-ring (bicyclic) bond motifs is 1. The molecule has 3 amide bonds. The van der Waals surface area contributed by atoms with Crippen molar-refractivity contribution in [2.45, 2.75) is 32.2 Å². The van der Waals surface area contributed by atoms with Gasteiger partial charge in [0.15, 0.2) is 0 Å². The average molecular weight is 431 g/mol. The van der Waals surface area contributed by atoms with Gasteiger partial charge >= 0.3 is 0 Å². The highest BCUT2D eigenvalue weighted by Gasteiger charge is 2.52. The molecule has 0 bridgehead atoms. The van der Waals surface area contributed by atoms with E-state index in [-0.39, 0.29) is 24.3 Å². The summed E-state index contributed by atoms with van der Waals surface area (Å²) in [4.78, 5) is 44.4. The number of ether oxygens (including phenoxy) is 1. The summed E-state index contributed by atoms with van der Waals surface area (Å²) in [6.07, 6.45) is 1.31. The lowest BCUT2D eigenvalue weighted by atomic mass is 9.81. The highest BCUT2D eigenvalue weighted by molar-refractivity contribution is 5.98. The van der Waals surface area contributed by atoms with Crippen LogP contribution in [0, 0.1) is 5.92 Å². The van der Waals surface area contributed by atoms with Gasteiger partial charge in [0.05, 0.1) is 25.1 Å². The van der Waals surface area contributed by atoms with Gasteiger partial charge in [0, 0.05) is 45.8 Å². The number of likely N-dealkylation sites (N-methyl/N-ethyl adjacent to an activating group) is 1. The monoisotopic (exact) mass is 430 g/mol. The number of rotatable bonds is 6. The fourth-order valence-electron chi connectivity index (χ4n) is 4.83. The molecule has 8 heteroatoms. The maximum Gasteiger partial charge on any atom is 0.252 e. The molecule has 1 N–H and O–H groups in total. The van der Waals surface area contributed by atoms with Gasteiger partial charge in [0.25, 0.3) is 5.91 Å². The number of nitrogens with zero attached hydrogens (tertiary/aromatic N) is 3. The molecular weight excluding hydrogens is 396 g/mol. The Hall–Kier alpha value is -2.61. The minimum absolute atomic E-state index is 0.0263. The molecule has 3 rings (SSSR count). The molecule has 2 aliphatic rings. The van der Waals surface area contributed by atoms with Crippen LogP contribution in [0.15, 0.2) is 18.2 Å². The molecule has 1 aromatic rings. The van der Waals surface area contributed by atoms with Gasteiger partial charge < -0.3 is 19.9 Å². The van der Waals surface area contributed by atoms with Crippen LogP contribution in [-0.4, -0.2) is 91.9 Å².